The molecule has 2 rings (SSSR count). The molecule has 1 saturated heterocycles. The molecule has 0 radical (unpaired) electrons. The van der Waals surface area contributed by atoms with Crippen LogP contribution >= 0.6 is 0 Å². The molecule has 5 nitrogen and oxygen atoms in total. The summed E-state index contributed by atoms with van der Waals surface area (Å²) < 4.78 is 24.4. The number of carbonyl (C=O) groups is 1. The zero-order chi connectivity index (χ0) is 16.7. The monoisotopic (exact) mass is 320 g/mol. The van der Waals surface area contributed by atoms with Gasteiger partial charge in [-0.05, 0) is 25.0 Å². The molecule has 23 heavy (non-hydrogen) atoms. The molecule has 0 saturated carbocycles. The van der Waals surface area contributed by atoms with Gasteiger partial charge < -0.3 is 9.47 Å². The fraction of sp³-hybridized carbons (Fsp3) is 0.529. The zero-order valence-corrected chi connectivity index (χ0v) is 13.3. The summed E-state index contributed by atoms with van der Waals surface area (Å²) in [6.45, 7) is 2.25. The Labute approximate surface area is 135 Å². The second-order valence-electron chi connectivity index (χ2n) is 5.61. The van der Waals surface area contributed by atoms with Gasteiger partial charge in [-0.2, -0.15) is 5.26 Å². The Morgan fingerprint density at radius 3 is 3.00 bits per heavy atom. The summed E-state index contributed by atoms with van der Waals surface area (Å²) in [7, 11) is 1.35. The van der Waals surface area contributed by atoms with Crippen LogP contribution in [0.4, 0.5) is 4.39 Å². The van der Waals surface area contributed by atoms with Crippen LogP contribution in [0.25, 0.3) is 0 Å². The number of hydrogen-bond acceptors (Lipinski definition) is 5. The van der Waals surface area contributed by atoms with Crippen LogP contribution in [0.1, 0.15) is 30.4 Å². The number of ether oxygens (including phenoxy) is 2. The third-order valence-electron chi connectivity index (χ3n) is 3.92. The molecule has 6 heteroatoms. The highest BCUT2D eigenvalue weighted by Gasteiger charge is 2.21. The van der Waals surface area contributed by atoms with Gasteiger partial charge in [-0.15, -0.1) is 0 Å². The highest BCUT2D eigenvalue weighted by atomic mass is 19.1. The number of methoxy groups -OCH3 is 1. The molecule has 0 spiro atoms. The Morgan fingerprint density at radius 2 is 2.39 bits per heavy atom. The van der Waals surface area contributed by atoms with Crippen LogP contribution in [0.3, 0.4) is 0 Å². The van der Waals surface area contributed by atoms with E-state index in [2.05, 4.69) is 4.74 Å². The van der Waals surface area contributed by atoms with Crippen LogP contribution in [-0.4, -0.2) is 43.8 Å². The molecule has 0 amide bonds. The molecule has 0 aromatic heterocycles. The maximum atomic E-state index is 14.1. The molecule has 1 aliphatic rings. The number of nitrogens with zero attached hydrogens (tertiary/aromatic N) is 2. The van der Waals surface area contributed by atoms with E-state index in [1.165, 1.54) is 13.2 Å². The predicted octanol–water partition coefficient (Wildman–Crippen LogP) is 2.24. The summed E-state index contributed by atoms with van der Waals surface area (Å²) in [6, 6.07) is 6.38. The largest absolute Gasteiger partial charge is 0.469 e. The molecule has 0 bridgehead atoms. The van der Waals surface area contributed by atoms with E-state index in [-0.39, 0.29) is 18.5 Å². The van der Waals surface area contributed by atoms with E-state index in [1.807, 2.05) is 11.0 Å². The number of nitriles is 1. The van der Waals surface area contributed by atoms with Gasteiger partial charge in [0.25, 0.3) is 0 Å². The molecule has 0 aliphatic carbocycles. The third-order valence-corrected chi connectivity index (χ3v) is 3.92. The minimum atomic E-state index is -0.403. The lowest BCUT2D eigenvalue weighted by molar-refractivity contribution is -0.141. The standard InChI is InChI=1S/C17H21FN2O3/c1-22-17(21)6-7-20(12-15-3-2-8-23-15)11-14-5-4-13(10-19)9-16(14)18/h4-5,9,15H,2-3,6-8,11-12H2,1H3/t15-/m0/s1. The molecule has 0 unspecified atom stereocenters. The van der Waals surface area contributed by atoms with Crippen molar-refractivity contribution in [3.8, 4) is 6.07 Å². The Kier molecular flexibility index (Phi) is 6.51. The first-order chi connectivity index (χ1) is 11.1. The van der Waals surface area contributed by atoms with Gasteiger partial charge in [0.2, 0.25) is 0 Å². The summed E-state index contributed by atoms with van der Waals surface area (Å²) in [5.41, 5.74) is 0.804. The Bertz CT molecular complexity index is 580. The number of hydrogen-bond donors (Lipinski definition) is 0. The molecule has 1 aromatic carbocycles. The first kappa shape index (κ1) is 17.4. The predicted molar refractivity (Wildman–Crippen MR) is 82.0 cm³/mol. The van der Waals surface area contributed by atoms with E-state index < -0.39 is 5.82 Å². The Hall–Kier alpha value is -1.97. The van der Waals surface area contributed by atoms with Gasteiger partial charge in [0.15, 0.2) is 0 Å². The average Bonchev–Trinajstić information content (AvgIpc) is 3.06. The van der Waals surface area contributed by atoms with Gasteiger partial charge in [0, 0.05) is 31.8 Å². The Morgan fingerprint density at radius 1 is 1.57 bits per heavy atom. The minimum Gasteiger partial charge on any atom is -0.469 e. The van der Waals surface area contributed by atoms with Crippen molar-refractivity contribution < 1.29 is 18.7 Å². The van der Waals surface area contributed by atoms with Crippen molar-refractivity contribution in [3.05, 3.63) is 35.1 Å². The van der Waals surface area contributed by atoms with Gasteiger partial charge in [-0.1, -0.05) is 6.07 Å². The number of halogens is 1. The molecular weight excluding hydrogens is 299 g/mol. The van der Waals surface area contributed by atoms with Crippen molar-refractivity contribution >= 4 is 5.97 Å². The number of carbonyl (C=O) groups excluding carboxylic acids is 1. The van der Waals surface area contributed by atoms with E-state index >= 15 is 0 Å². The van der Waals surface area contributed by atoms with Crippen LogP contribution < -0.4 is 0 Å². The van der Waals surface area contributed by atoms with Crippen molar-refractivity contribution in [3.63, 3.8) is 0 Å². The molecule has 1 atom stereocenters. The van der Waals surface area contributed by atoms with Gasteiger partial charge >= 0.3 is 5.97 Å². The summed E-state index contributed by atoms with van der Waals surface area (Å²) in [6.07, 6.45) is 2.38. The smallest absolute Gasteiger partial charge is 0.306 e. The first-order valence-corrected chi connectivity index (χ1v) is 7.71. The maximum Gasteiger partial charge on any atom is 0.306 e. The topological polar surface area (TPSA) is 62.6 Å². The second-order valence-corrected chi connectivity index (χ2v) is 5.61. The Balaban J connectivity index is 2.03. The lowest BCUT2D eigenvalue weighted by Gasteiger charge is -2.25. The summed E-state index contributed by atoms with van der Waals surface area (Å²) >= 11 is 0. The van der Waals surface area contributed by atoms with Crippen LogP contribution in [-0.2, 0) is 20.8 Å². The van der Waals surface area contributed by atoms with E-state index in [0.717, 1.165) is 19.4 Å². The summed E-state index contributed by atoms with van der Waals surface area (Å²) in [4.78, 5) is 13.4. The highest BCUT2D eigenvalue weighted by Crippen LogP contribution is 2.17. The van der Waals surface area contributed by atoms with Crippen molar-refractivity contribution in [2.75, 3.05) is 26.8 Å². The maximum absolute atomic E-state index is 14.1. The highest BCUT2D eigenvalue weighted by molar-refractivity contribution is 5.69. The van der Waals surface area contributed by atoms with E-state index in [0.29, 0.717) is 30.8 Å². The lowest BCUT2D eigenvalue weighted by Crippen LogP contribution is -2.34. The summed E-state index contributed by atoms with van der Waals surface area (Å²) in [5, 5.41) is 8.80. The first-order valence-electron chi connectivity index (χ1n) is 7.71. The van der Waals surface area contributed by atoms with Crippen LogP contribution in [0.5, 0.6) is 0 Å². The molecule has 124 valence electrons. The van der Waals surface area contributed by atoms with Crippen molar-refractivity contribution in [1.29, 1.82) is 5.26 Å². The van der Waals surface area contributed by atoms with Crippen LogP contribution in [0.2, 0.25) is 0 Å². The third kappa shape index (κ3) is 5.31. The van der Waals surface area contributed by atoms with Gasteiger partial charge in [0.1, 0.15) is 5.82 Å². The average molecular weight is 320 g/mol. The van der Waals surface area contributed by atoms with Crippen LogP contribution in [0.15, 0.2) is 18.2 Å². The quantitative estimate of drug-likeness (QED) is 0.721. The van der Waals surface area contributed by atoms with Gasteiger partial charge in [0.05, 0.1) is 31.3 Å². The minimum absolute atomic E-state index is 0.120. The van der Waals surface area contributed by atoms with Crippen molar-refractivity contribution in [2.45, 2.75) is 31.9 Å². The number of esters is 1. The molecule has 1 fully saturated rings. The molecule has 1 heterocycles. The normalized spacial score (nSPS) is 17.2. The summed E-state index contributed by atoms with van der Waals surface area (Å²) in [5.74, 6) is -0.693. The van der Waals surface area contributed by atoms with E-state index in [1.54, 1.807) is 12.1 Å². The fourth-order valence-corrected chi connectivity index (χ4v) is 2.65. The molecule has 1 aromatic rings. The number of rotatable bonds is 7. The van der Waals surface area contributed by atoms with E-state index in [9.17, 15) is 9.18 Å². The van der Waals surface area contributed by atoms with Crippen LogP contribution in [0, 0.1) is 17.1 Å². The van der Waals surface area contributed by atoms with Crippen molar-refractivity contribution in [2.24, 2.45) is 0 Å². The zero-order valence-electron chi connectivity index (χ0n) is 13.3. The number of benzene rings is 1. The van der Waals surface area contributed by atoms with Gasteiger partial charge in [-0.3, -0.25) is 9.69 Å². The second kappa shape index (κ2) is 8.61. The molecular formula is C17H21FN2O3. The van der Waals surface area contributed by atoms with E-state index in [4.69, 9.17) is 10.00 Å². The molecule has 1 aliphatic heterocycles. The fourth-order valence-electron chi connectivity index (χ4n) is 2.65. The SMILES string of the molecule is COC(=O)CCN(Cc1ccc(C#N)cc1F)C[C@@H]1CCCO1. The van der Waals surface area contributed by atoms with Gasteiger partial charge in [-0.25, -0.2) is 4.39 Å². The lowest BCUT2D eigenvalue weighted by atomic mass is 10.1. The van der Waals surface area contributed by atoms with Crippen molar-refractivity contribution in [1.82, 2.24) is 4.90 Å². The molecule has 0 N–H and O–H groups in total.